The fraction of sp³-hybridized carbons (Fsp3) is 0.286. The van der Waals surface area contributed by atoms with Crippen molar-refractivity contribution in [2.24, 2.45) is 0 Å². The van der Waals surface area contributed by atoms with Gasteiger partial charge in [0, 0.05) is 27.2 Å². The molecule has 18 heavy (non-hydrogen) atoms. The molecule has 1 heterocycles. The summed E-state index contributed by atoms with van der Waals surface area (Å²) >= 11 is 1.71. The van der Waals surface area contributed by atoms with E-state index in [9.17, 15) is 4.21 Å². The minimum Gasteiger partial charge on any atom is -0.392 e. The summed E-state index contributed by atoms with van der Waals surface area (Å²) < 4.78 is 11.9. The lowest BCUT2D eigenvalue weighted by atomic mass is 10.2. The van der Waals surface area contributed by atoms with Gasteiger partial charge in [-0.15, -0.1) is 11.3 Å². The minimum absolute atomic E-state index is 0.0573. The van der Waals surface area contributed by atoms with Gasteiger partial charge in [0.2, 0.25) is 0 Å². The van der Waals surface area contributed by atoms with Crippen LogP contribution in [0.5, 0.6) is 0 Å². The molecule has 0 saturated heterocycles. The normalized spacial score (nSPS) is 12.5. The second-order valence-electron chi connectivity index (χ2n) is 4.09. The Labute approximate surface area is 114 Å². The fourth-order valence-corrected chi connectivity index (χ4v) is 3.66. The number of benzene rings is 1. The van der Waals surface area contributed by atoms with Crippen molar-refractivity contribution < 1.29 is 9.32 Å². The van der Waals surface area contributed by atoms with E-state index in [1.165, 1.54) is 4.88 Å². The van der Waals surface area contributed by atoms with Crippen LogP contribution in [0.15, 0.2) is 41.8 Å². The maximum atomic E-state index is 11.9. The zero-order chi connectivity index (χ0) is 12.8. The Kier molecular flexibility index (Phi) is 5.11. The molecule has 0 bridgehead atoms. The predicted octanol–water partition coefficient (Wildman–Crippen LogP) is 2.73. The highest BCUT2D eigenvalue weighted by molar-refractivity contribution is 7.84. The molecular formula is C14H16O2S2. The molecule has 2 nitrogen and oxygen atoms in total. The van der Waals surface area contributed by atoms with Gasteiger partial charge >= 0.3 is 0 Å². The minimum atomic E-state index is -0.820. The van der Waals surface area contributed by atoms with Gasteiger partial charge in [-0.05, 0) is 29.0 Å². The lowest BCUT2D eigenvalue weighted by molar-refractivity contribution is 0.282. The second-order valence-corrected chi connectivity index (χ2v) is 6.70. The van der Waals surface area contributed by atoms with Crippen LogP contribution in [-0.4, -0.2) is 15.1 Å². The van der Waals surface area contributed by atoms with Gasteiger partial charge in [-0.2, -0.15) is 0 Å². The number of thiophene rings is 1. The van der Waals surface area contributed by atoms with Crippen molar-refractivity contribution in [1.82, 2.24) is 0 Å². The summed E-state index contributed by atoms with van der Waals surface area (Å²) in [4.78, 5) is 1.29. The predicted molar refractivity (Wildman–Crippen MR) is 77.1 cm³/mol. The van der Waals surface area contributed by atoms with Crippen LogP contribution < -0.4 is 0 Å². The Hall–Kier alpha value is -0.970. The van der Waals surface area contributed by atoms with Gasteiger partial charge in [-0.1, -0.05) is 30.3 Å². The first kappa shape index (κ1) is 13.5. The first-order chi connectivity index (χ1) is 8.78. The van der Waals surface area contributed by atoms with Crippen molar-refractivity contribution in [1.29, 1.82) is 0 Å². The largest absolute Gasteiger partial charge is 0.392 e. The molecule has 0 amide bonds. The SMILES string of the molecule is O=[S@@](CCc1cccs1)Cc1ccc(CO)cc1. The zero-order valence-corrected chi connectivity index (χ0v) is 11.7. The first-order valence-electron chi connectivity index (χ1n) is 5.84. The van der Waals surface area contributed by atoms with Crippen molar-refractivity contribution in [2.45, 2.75) is 18.8 Å². The molecule has 0 aliphatic carbocycles. The Bertz CT molecular complexity index is 489. The summed E-state index contributed by atoms with van der Waals surface area (Å²) in [5.41, 5.74) is 1.96. The van der Waals surface area contributed by atoms with Gasteiger partial charge in [-0.25, -0.2) is 0 Å². The molecule has 0 aliphatic rings. The van der Waals surface area contributed by atoms with Gasteiger partial charge < -0.3 is 5.11 Å². The van der Waals surface area contributed by atoms with Gasteiger partial charge in [-0.3, -0.25) is 4.21 Å². The van der Waals surface area contributed by atoms with Crippen LogP contribution in [0, 0.1) is 0 Å². The molecule has 1 N–H and O–H groups in total. The Morgan fingerprint density at radius 2 is 1.83 bits per heavy atom. The number of hydrogen-bond acceptors (Lipinski definition) is 3. The molecule has 1 aromatic carbocycles. The van der Waals surface area contributed by atoms with E-state index in [1.54, 1.807) is 11.3 Å². The Morgan fingerprint density at radius 1 is 1.11 bits per heavy atom. The van der Waals surface area contributed by atoms with Gasteiger partial charge in [0.05, 0.1) is 6.61 Å². The molecule has 0 fully saturated rings. The van der Waals surface area contributed by atoms with Crippen molar-refractivity contribution in [3.8, 4) is 0 Å². The van der Waals surface area contributed by atoms with Gasteiger partial charge in [0.25, 0.3) is 0 Å². The third-order valence-electron chi connectivity index (χ3n) is 2.69. The third-order valence-corrected chi connectivity index (χ3v) is 4.94. The van der Waals surface area contributed by atoms with Crippen LogP contribution in [-0.2, 0) is 29.6 Å². The van der Waals surface area contributed by atoms with E-state index in [1.807, 2.05) is 35.7 Å². The molecule has 1 aromatic heterocycles. The summed E-state index contributed by atoms with van der Waals surface area (Å²) in [7, 11) is -0.820. The van der Waals surface area contributed by atoms with E-state index < -0.39 is 10.8 Å². The van der Waals surface area contributed by atoms with E-state index in [2.05, 4.69) is 6.07 Å². The summed E-state index contributed by atoms with van der Waals surface area (Å²) in [5.74, 6) is 1.30. The highest BCUT2D eigenvalue weighted by atomic mass is 32.2. The quantitative estimate of drug-likeness (QED) is 0.883. The monoisotopic (exact) mass is 280 g/mol. The summed E-state index contributed by atoms with van der Waals surface area (Å²) in [6.45, 7) is 0.0573. The van der Waals surface area contributed by atoms with Gasteiger partial charge in [0.15, 0.2) is 0 Å². The molecule has 2 aromatic rings. The smallest absolute Gasteiger partial charge is 0.0681 e. The van der Waals surface area contributed by atoms with E-state index in [0.717, 1.165) is 17.5 Å². The lowest BCUT2D eigenvalue weighted by Crippen LogP contribution is -2.03. The molecule has 0 aliphatic heterocycles. The zero-order valence-electron chi connectivity index (χ0n) is 10.0. The Morgan fingerprint density at radius 3 is 2.44 bits per heavy atom. The van der Waals surface area contributed by atoms with Crippen molar-refractivity contribution in [2.75, 3.05) is 5.75 Å². The maximum absolute atomic E-state index is 11.9. The number of aliphatic hydroxyl groups is 1. The van der Waals surface area contributed by atoms with E-state index in [0.29, 0.717) is 11.5 Å². The van der Waals surface area contributed by atoms with Crippen LogP contribution in [0.3, 0.4) is 0 Å². The van der Waals surface area contributed by atoms with E-state index in [4.69, 9.17) is 5.11 Å². The molecule has 2 rings (SSSR count). The molecule has 1 atom stereocenters. The average molecular weight is 280 g/mol. The number of aliphatic hydroxyl groups excluding tert-OH is 1. The summed E-state index contributed by atoms with van der Waals surface area (Å²) in [6, 6.07) is 11.7. The van der Waals surface area contributed by atoms with Crippen LogP contribution in [0.25, 0.3) is 0 Å². The molecule has 0 spiro atoms. The molecule has 96 valence electrons. The van der Waals surface area contributed by atoms with Crippen LogP contribution in [0.2, 0.25) is 0 Å². The topological polar surface area (TPSA) is 37.3 Å². The third kappa shape index (κ3) is 4.05. The number of aryl methyl sites for hydroxylation is 1. The average Bonchev–Trinajstić information content (AvgIpc) is 2.90. The van der Waals surface area contributed by atoms with Crippen molar-refractivity contribution in [3.05, 3.63) is 57.8 Å². The van der Waals surface area contributed by atoms with E-state index >= 15 is 0 Å². The van der Waals surface area contributed by atoms with Crippen LogP contribution in [0.1, 0.15) is 16.0 Å². The van der Waals surface area contributed by atoms with E-state index in [-0.39, 0.29) is 6.61 Å². The second kappa shape index (κ2) is 6.83. The van der Waals surface area contributed by atoms with Crippen molar-refractivity contribution >= 4 is 22.1 Å². The van der Waals surface area contributed by atoms with Gasteiger partial charge in [0.1, 0.15) is 0 Å². The standard InChI is InChI=1S/C14H16O2S2/c15-10-12-3-5-13(6-4-12)11-18(16)9-7-14-2-1-8-17-14/h1-6,8,15H,7,9-11H2/t18-/m0/s1. The number of rotatable bonds is 6. The highest BCUT2D eigenvalue weighted by Gasteiger charge is 2.03. The van der Waals surface area contributed by atoms with Crippen LogP contribution in [0.4, 0.5) is 0 Å². The van der Waals surface area contributed by atoms with Crippen molar-refractivity contribution in [3.63, 3.8) is 0 Å². The van der Waals surface area contributed by atoms with Crippen LogP contribution >= 0.6 is 11.3 Å². The highest BCUT2D eigenvalue weighted by Crippen LogP contribution is 2.11. The fourth-order valence-electron chi connectivity index (χ4n) is 1.67. The Balaban J connectivity index is 1.83. The molecule has 0 unspecified atom stereocenters. The number of hydrogen-bond donors (Lipinski definition) is 1. The summed E-state index contributed by atoms with van der Waals surface area (Å²) in [5, 5.41) is 11.0. The molecular weight excluding hydrogens is 264 g/mol. The maximum Gasteiger partial charge on any atom is 0.0681 e. The molecule has 0 saturated carbocycles. The lowest BCUT2D eigenvalue weighted by Gasteiger charge is -2.03. The molecule has 4 heteroatoms. The first-order valence-corrected chi connectivity index (χ1v) is 8.21. The summed E-state index contributed by atoms with van der Waals surface area (Å²) in [6.07, 6.45) is 0.888. The molecule has 0 radical (unpaired) electrons.